The number of benzene rings is 2. The van der Waals surface area contributed by atoms with Crippen LogP contribution in [0.5, 0.6) is 11.5 Å². The molecule has 1 amide bonds. The molecule has 31 heavy (non-hydrogen) atoms. The molecule has 0 saturated carbocycles. The Kier molecular flexibility index (Phi) is 6.33. The summed E-state index contributed by atoms with van der Waals surface area (Å²) in [5.74, 6) is 0.485. The highest BCUT2D eigenvalue weighted by Crippen LogP contribution is 2.34. The van der Waals surface area contributed by atoms with Gasteiger partial charge in [-0.2, -0.15) is 0 Å². The summed E-state index contributed by atoms with van der Waals surface area (Å²) in [4.78, 5) is 12.7. The van der Waals surface area contributed by atoms with Gasteiger partial charge in [0.1, 0.15) is 19.8 Å². The van der Waals surface area contributed by atoms with Crippen LogP contribution in [0.15, 0.2) is 47.4 Å². The van der Waals surface area contributed by atoms with Crippen LogP contribution in [0.1, 0.15) is 18.4 Å². The molecule has 2 aliphatic heterocycles. The van der Waals surface area contributed by atoms with Gasteiger partial charge in [0.15, 0.2) is 11.5 Å². The van der Waals surface area contributed by atoms with E-state index >= 15 is 0 Å². The lowest BCUT2D eigenvalue weighted by atomic mass is 10.2. The minimum absolute atomic E-state index is 0.0224. The maximum atomic E-state index is 13.6. The highest BCUT2D eigenvalue weighted by Gasteiger charge is 2.29. The number of hydrogen-bond acceptors (Lipinski definition) is 6. The van der Waals surface area contributed by atoms with Crippen LogP contribution < -0.4 is 19.1 Å². The first kappa shape index (κ1) is 21.5. The number of aryl methyl sites for hydroxylation is 1. The Balaban J connectivity index is 1.60. The molecule has 0 spiro atoms. The number of fused-ring (bicyclic) bond motifs is 1. The maximum Gasteiger partial charge on any atom is 0.264 e. The van der Waals surface area contributed by atoms with Gasteiger partial charge in [0.2, 0.25) is 5.91 Å². The fourth-order valence-corrected chi connectivity index (χ4v) is 5.06. The second-order valence-corrected chi connectivity index (χ2v) is 9.46. The molecule has 4 rings (SSSR count). The average molecular weight is 447 g/mol. The van der Waals surface area contributed by atoms with Crippen molar-refractivity contribution in [1.82, 2.24) is 5.32 Å². The molecule has 1 N–H and O–H groups in total. The van der Waals surface area contributed by atoms with Crippen molar-refractivity contribution in [2.24, 2.45) is 0 Å². The minimum atomic E-state index is -4.03. The van der Waals surface area contributed by atoms with E-state index in [1.165, 1.54) is 12.1 Å². The van der Waals surface area contributed by atoms with Crippen LogP contribution in [-0.2, 0) is 19.6 Å². The van der Waals surface area contributed by atoms with Gasteiger partial charge >= 0.3 is 0 Å². The summed E-state index contributed by atoms with van der Waals surface area (Å²) in [5.41, 5.74) is 1.31. The fourth-order valence-electron chi connectivity index (χ4n) is 3.63. The maximum absolute atomic E-state index is 13.6. The van der Waals surface area contributed by atoms with E-state index in [-0.39, 0.29) is 17.5 Å². The van der Waals surface area contributed by atoms with E-state index in [1.807, 2.05) is 13.0 Å². The number of hydrogen-bond donors (Lipinski definition) is 1. The Morgan fingerprint density at radius 2 is 1.90 bits per heavy atom. The lowest BCUT2D eigenvalue weighted by Gasteiger charge is -2.26. The van der Waals surface area contributed by atoms with Gasteiger partial charge in [-0.15, -0.1) is 0 Å². The molecule has 2 heterocycles. The zero-order valence-corrected chi connectivity index (χ0v) is 18.2. The van der Waals surface area contributed by atoms with Crippen LogP contribution >= 0.6 is 0 Å². The van der Waals surface area contributed by atoms with E-state index in [4.69, 9.17) is 14.2 Å². The van der Waals surface area contributed by atoms with E-state index in [0.29, 0.717) is 43.6 Å². The number of sulfonamides is 1. The number of carbonyl (C=O) groups is 1. The topological polar surface area (TPSA) is 94.2 Å². The molecule has 2 aliphatic rings. The zero-order chi connectivity index (χ0) is 21.8. The first-order valence-electron chi connectivity index (χ1n) is 10.3. The van der Waals surface area contributed by atoms with Crippen LogP contribution in [0, 0.1) is 6.92 Å². The first-order valence-corrected chi connectivity index (χ1v) is 11.7. The van der Waals surface area contributed by atoms with Crippen LogP contribution in [-0.4, -0.2) is 53.3 Å². The van der Waals surface area contributed by atoms with Crippen LogP contribution in [0.4, 0.5) is 5.69 Å². The van der Waals surface area contributed by atoms with E-state index in [9.17, 15) is 13.2 Å². The molecule has 2 aromatic carbocycles. The highest BCUT2D eigenvalue weighted by atomic mass is 32.2. The quantitative estimate of drug-likeness (QED) is 0.701. The predicted octanol–water partition coefficient (Wildman–Crippen LogP) is 2.26. The Morgan fingerprint density at radius 1 is 1.10 bits per heavy atom. The number of anilines is 1. The van der Waals surface area contributed by atoms with E-state index in [1.54, 1.807) is 24.3 Å². The standard InChI is InChI=1S/C22H26N2O6S/c1-16-4-2-5-17(12-16)24(15-22(25)23-14-18-6-3-9-28-18)31(26,27)19-7-8-20-21(13-19)30-11-10-29-20/h2,4-5,7-8,12-13,18H,3,6,9-11,14-15H2,1H3,(H,23,25)/t18-/m0/s1. The Hall–Kier alpha value is -2.78. The van der Waals surface area contributed by atoms with Crippen LogP contribution in [0.3, 0.4) is 0 Å². The number of rotatable bonds is 7. The van der Waals surface area contributed by atoms with Gasteiger partial charge in [-0.05, 0) is 49.6 Å². The summed E-state index contributed by atoms with van der Waals surface area (Å²) >= 11 is 0. The second kappa shape index (κ2) is 9.15. The number of carbonyl (C=O) groups excluding carboxylic acids is 1. The lowest BCUT2D eigenvalue weighted by Crippen LogP contribution is -2.42. The largest absolute Gasteiger partial charge is 0.486 e. The SMILES string of the molecule is Cc1cccc(N(CC(=O)NC[C@@H]2CCCO2)S(=O)(=O)c2ccc3c(c2)OCCO3)c1. The Labute approximate surface area is 182 Å². The molecule has 0 unspecified atom stereocenters. The summed E-state index contributed by atoms with van der Waals surface area (Å²) in [6.07, 6.45) is 1.83. The molecule has 1 fully saturated rings. The number of nitrogens with one attached hydrogen (secondary N) is 1. The Bertz CT molecular complexity index is 1050. The fraction of sp³-hybridized carbons (Fsp3) is 0.409. The van der Waals surface area contributed by atoms with Gasteiger partial charge in [-0.3, -0.25) is 9.10 Å². The van der Waals surface area contributed by atoms with Gasteiger partial charge in [0.05, 0.1) is 16.7 Å². The predicted molar refractivity (Wildman–Crippen MR) is 115 cm³/mol. The zero-order valence-electron chi connectivity index (χ0n) is 17.4. The summed E-state index contributed by atoms with van der Waals surface area (Å²) in [6.45, 7) is 3.35. The number of nitrogens with zero attached hydrogens (tertiary/aromatic N) is 1. The van der Waals surface area contributed by atoms with E-state index in [0.717, 1.165) is 22.7 Å². The molecule has 0 bridgehead atoms. The van der Waals surface area contributed by atoms with Crippen LogP contribution in [0.2, 0.25) is 0 Å². The first-order chi connectivity index (χ1) is 14.9. The molecule has 1 saturated heterocycles. The van der Waals surface area contributed by atoms with Gasteiger partial charge in [0, 0.05) is 19.2 Å². The molecule has 2 aromatic rings. The number of amides is 1. The van der Waals surface area contributed by atoms with E-state index in [2.05, 4.69) is 5.32 Å². The summed E-state index contributed by atoms with van der Waals surface area (Å²) < 4.78 is 44.8. The van der Waals surface area contributed by atoms with Crippen molar-refractivity contribution in [3.8, 4) is 11.5 Å². The summed E-state index contributed by atoms with van der Waals surface area (Å²) in [6, 6.07) is 11.5. The average Bonchev–Trinajstić information content (AvgIpc) is 3.29. The van der Waals surface area contributed by atoms with Gasteiger partial charge in [0.25, 0.3) is 10.0 Å². The lowest BCUT2D eigenvalue weighted by molar-refractivity contribution is -0.120. The Morgan fingerprint density at radius 3 is 2.65 bits per heavy atom. The van der Waals surface area contributed by atoms with Crippen molar-refractivity contribution in [3.05, 3.63) is 48.0 Å². The summed E-state index contributed by atoms with van der Waals surface area (Å²) in [5, 5.41) is 2.80. The highest BCUT2D eigenvalue weighted by molar-refractivity contribution is 7.92. The van der Waals surface area contributed by atoms with Crippen LogP contribution in [0.25, 0.3) is 0 Å². The van der Waals surface area contributed by atoms with E-state index < -0.39 is 15.9 Å². The third-order valence-electron chi connectivity index (χ3n) is 5.23. The van der Waals surface area contributed by atoms with Crippen molar-refractivity contribution >= 4 is 21.6 Å². The molecule has 166 valence electrons. The normalized spacial score (nSPS) is 17.9. The van der Waals surface area contributed by atoms with Gasteiger partial charge in [-0.1, -0.05) is 12.1 Å². The third-order valence-corrected chi connectivity index (χ3v) is 7.00. The molecule has 0 aromatic heterocycles. The van der Waals surface area contributed by atoms with Crippen molar-refractivity contribution in [3.63, 3.8) is 0 Å². The molecular weight excluding hydrogens is 420 g/mol. The molecule has 0 aliphatic carbocycles. The molecule has 8 nitrogen and oxygen atoms in total. The second-order valence-electron chi connectivity index (χ2n) is 7.60. The number of ether oxygens (including phenoxy) is 3. The smallest absolute Gasteiger partial charge is 0.264 e. The molecule has 9 heteroatoms. The monoisotopic (exact) mass is 446 g/mol. The van der Waals surface area contributed by atoms with Crippen molar-refractivity contribution in [2.45, 2.75) is 30.8 Å². The third kappa shape index (κ3) is 4.94. The van der Waals surface area contributed by atoms with Crippen molar-refractivity contribution in [2.75, 3.05) is 37.2 Å². The van der Waals surface area contributed by atoms with Gasteiger partial charge < -0.3 is 19.5 Å². The summed E-state index contributed by atoms with van der Waals surface area (Å²) in [7, 11) is -4.03. The minimum Gasteiger partial charge on any atom is -0.486 e. The van der Waals surface area contributed by atoms with Gasteiger partial charge in [-0.25, -0.2) is 8.42 Å². The molecule has 1 atom stereocenters. The van der Waals surface area contributed by atoms with Crippen molar-refractivity contribution < 1.29 is 27.4 Å². The molecular formula is C22H26N2O6S. The van der Waals surface area contributed by atoms with Crippen molar-refractivity contribution in [1.29, 1.82) is 0 Å². The molecule has 0 radical (unpaired) electrons.